The monoisotopic (exact) mass is 337 g/mol. The van der Waals surface area contributed by atoms with Crippen molar-refractivity contribution in [1.82, 2.24) is 4.72 Å². The third-order valence-corrected chi connectivity index (χ3v) is 5.32. The van der Waals surface area contributed by atoms with Gasteiger partial charge in [-0.25, -0.2) is 13.1 Å². The number of hydrogen-bond acceptors (Lipinski definition) is 2. The molecule has 0 aliphatic carbocycles. The third-order valence-electron chi connectivity index (χ3n) is 3.10. The van der Waals surface area contributed by atoms with E-state index in [9.17, 15) is 8.42 Å². The predicted octanol–water partition coefficient (Wildman–Crippen LogP) is 4.39. The fourth-order valence-electron chi connectivity index (χ4n) is 2.16. The Bertz CT molecular complexity index is 793. The Morgan fingerprint density at radius 2 is 1.68 bits per heavy atom. The van der Waals surface area contributed by atoms with Crippen molar-refractivity contribution in [2.45, 2.75) is 38.1 Å². The van der Waals surface area contributed by atoms with Crippen LogP contribution in [0.15, 0.2) is 47.4 Å². The summed E-state index contributed by atoms with van der Waals surface area (Å²) in [4.78, 5) is 0.254. The van der Waals surface area contributed by atoms with Gasteiger partial charge in [0.05, 0.1) is 4.90 Å². The standard InChI is InChI=1S/C17H20ClNO2S/c1-12-9-10-13(11-15(12)18)14-7-5-6-8-16(14)22(20,21)19-17(2,3)4/h5-11,19H,1-4H3. The van der Waals surface area contributed by atoms with Gasteiger partial charge in [0.25, 0.3) is 0 Å². The van der Waals surface area contributed by atoms with E-state index in [2.05, 4.69) is 4.72 Å². The van der Waals surface area contributed by atoms with Crippen LogP contribution in [0.5, 0.6) is 0 Å². The molecule has 0 fully saturated rings. The average molecular weight is 338 g/mol. The number of aryl methyl sites for hydroxylation is 1. The molecule has 0 spiro atoms. The second kappa shape index (κ2) is 6.03. The number of nitrogens with one attached hydrogen (secondary N) is 1. The van der Waals surface area contributed by atoms with E-state index >= 15 is 0 Å². The summed E-state index contributed by atoms with van der Waals surface area (Å²) in [7, 11) is -3.61. The molecule has 2 aromatic rings. The fraction of sp³-hybridized carbons (Fsp3) is 0.294. The normalized spacial score (nSPS) is 12.4. The van der Waals surface area contributed by atoms with E-state index < -0.39 is 15.6 Å². The molecule has 0 aromatic heterocycles. The summed E-state index contributed by atoms with van der Waals surface area (Å²) in [6.07, 6.45) is 0. The number of halogens is 1. The number of sulfonamides is 1. The predicted molar refractivity (Wildman–Crippen MR) is 91.7 cm³/mol. The first kappa shape index (κ1) is 17.0. The molecule has 3 nitrogen and oxygen atoms in total. The highest BCUT2D eigenvalue weighted by Crippen LogP contribution is 2.30. The Hall–Kier alpha value is -1.36. The van der Waals surface area contributed by atoms with E-state index in [1.54, 1.807) is 24.3 Å². The van der Waals surface area contributed by atoms with E-state index in [4.69, 9.17) is 11.6 Å². The highest BCUT2D eigenvalue weighted by Gasteiger charge is 2.24. The first-order valence-corrected chi connectivity index (χ1v) is 8.86. The third kappa shape index (κ3) is 3.88. The van der Waals surface area contributed by atoms with Crippen LogP contribution in [-0.4, -0.2) is 14.0 Å². The molecule has 0 heterocycles. The molecule has 22 heavy (non-hydrogen) atoms. The molecule has 0 saturated heterocycles. The van der Waals surface area contributed by atoms with Gasteiger partial charge in [-0.05, 0) is 51.0 Å². The topological polar surface area (TPSA) is 46.2 Å². The molecule has 0 atom stereocenters. The largest absolute Gasteiger partial charge is 0.241 e. The maximum atomic E-state index is 12.6. The Labute approximate surface area is 137 Å². The molecule has 1 N–H and O–H groups in total. The van der Waals surface area contributed by atoms with Crippen molar-refractivity contribution in [3.63, 3.8) is 0 Å². The van der Waals surface area contributed by atoms with Gasteiger partial charge in [-0.3, -0.25) is 0 Å². The van der Waals surface area contributed by atoms with Gasteiger partial charge < -0.3 is 0 Å². The lowest BCUT2D eigenvalue weighted by atomic mass is 10.0. The lowest BCUT2D eigenvalue weighted by molar-refractivity contribution is 0.491. The summed E-state index contributed by atoms with van der Waals surface area (Å²) in [5, 5.41) is 0.619. The second-order valence-electron chi connectivity index (χ2n) is 6.32. The minimum Gasteiger partial charge on any atom is -0.207 e. The zero-order chi connectivity index (χ0) is 16.5. The molecule has 5 heteroatoms. The van der Waals surface area contributed by atoms with Crippen molar-refractivity contribution in [1.29, 1.82) is 0 Å². The van der Waals surface area contributed by atoms with Crippen LogP contribution in [0.1, 0.15) is 26.3 Å². The number of hydrogen-bond donors (Lipinski definition) is 1. The highest BCUT2D eigenvalue weighted by atomic mass is 35.5. The van der Waals surface area contributed by atoms with Crippen molar-refractivity contribution in [2.24, 2.45) is 0 Å². The Balaban J connectivity index is 2.58. The second-order valence-corrected chi connectivity index (χ2v) is 8.37. The van der Waals surface area contributed by atoms with E-state index in [1.807, 2.05) is 45.9 Å². The van der Waals surface area contributed by atoms with Gasteiger partial charge in [-0.1, -0.05) is 41.9 Å². The SMILES string of the molecule is Cc1ccc(-c2ccccc2S(=O)(=O)NC(C)(C)C)cc1Cl. The minimum atomic E-state index is -3.61. The summed E-state index contributed by atoms with van der Waals surface area (Å²) in [5.74, 6) is 0. The molecule has 2 aromatic carbocycles. The van der Waals surface area contributed by atoms with Gasteiger partial charge in [-0.2, -0.15) is 0 Å². The van der Waals surface area contributed by atoms with E-state index in [1.165, 1.54) is 0 Å². The lowest BCUT2D eigenvalue weighted by Crippen LogP contribution is -2.40. The van der Waals surface area contributed by atoms with Crippen LogP contribution < -0.4 is 4.72 Å². The van der Waals surface area contributed by atoms with Gasteiger partial charge in [0.1, 0.15) is 0 Å². The molecule has 0 saturated carbocycles. The first-order chi connectivity index (χ1) is 10.1. The Kier molecular flexibility index (Phi) is 4.66. The van der Waals surface area contributed by atoms with Crippen LogP contribution in [0, 0.1) is 6.92 Å². The summed E-state index contributed by atoms with van der Waals surface area (Å²) in [5.41, 5.74) is 1.84. The summed E-state index contributed by atoms with van der Waals surface area (Å²) < 4.78 is 28.0. The smallest absolute Gasteiger partial charge is 0.207 e. The minimum absolute atomic E-state index is 0.254. The molecular weight excluding hydrogens is 318 g/mol. The van der Waals surface area contributed by atoms with Crippen LogP contribution in [0.25, 0.3) is 11.1 Å². The molecule has 0 amide bonds. The summed E-state index contributed by atoms with van der Waals surface area (Å²) in [6.45, 7) is 7.36. The van der Waals surface area contributed by atoms with Gasteiger partial charge >= 0.3 is 0 Å². The van der Waals surface area contributed by atoms with Crippen LogP contribution >= 0.6 is 11.6 Å². The van der Waals surface area contributed by atoms with Gasteiger partial charge in [0.2, 0.25) is 10.0 Å². The molecule has 0 radical (unpaired) electrons. The van der Waals surface area contributed by atoms with Gasteiger partial charge in [0, 0.05) is 16.1 Å². The molecule has 0 aliphatic rings. The van der Waals surface area contributed by atoms with Crippen molar-refractivity contribution in [2.75, 3.05) is 0 Å². The van der Waals surface area contributed by atoms with Crippen molar-refractivity contribution < 1.29 is 8.42 Å². The molecule has 0 aliphatic heterocycles. The lowest BCUT2D eigenvalue weighted by Gasteiger charge is -2.21. The molecule has 2 rings (SSSR count). The maximum Gasteiger partial charge on any atom is 0.241 e. The Morgan fingerprint density at radius 3 is 2.27 bits per heavy atom. The fourth-order valence-corrected chi connectivity index (χ4v) is 3.99. The molecule has 118 valence electrons. The van der Waals surface area contributed by atoms with Crippen molar-refractivity contribution >= 4 is 21.6 Å². The zero-order valence-corrected chi connectivity index (χ0v) is 14.7. The average Bonchev–Trinajstić information content (AvgIpc) is 2.39. The van der Waals surface area contributed by atoms with Crippen LogP contribution in [0.4, 0.5) is 0 Å². The van der Waals surface area contributed by atoms with Crippen molar-refractivity contribution in [3.8, 4) is 11.1 Å². The highest BCUT2D eigenvalue weighted by molar-refractivity contribution is 7.89. The van der Waals surface area contributed by atoms with Crippen molar-refractivity contribution in [3.05, 3.63) is 53.1 Å². The summed E-state index contributed by atoms with van der Waals surface area (Å²) in [6, 6.07) is 12.5. The van der Waals surface area contributed by atoms with Crippen LogP contribution in [0.2, 0.25) is 5.02 Å². The van der Waals surface area contributed by atoms with Gasteiger partial charge in [0.15, 0.2) is 0 Å². The first-order valence-electron chi connectivity index (χ1n) is 7.00. The number of rotatable bonds is 3. The maximum absolute atomic E-state index is 12.6. The number of benzene rings is 2. The summed E-state index contributed by atoms with van der Waals surface area (Å²) >= 11 is 6.17. The molecule has 0 bridgehead atoms. The molecular formula is C17H20ClNO2S. The van der Waals surface area contributed by atoms with E-state index in [0.29, 0.717) is 10.6 Å². The van der Waals surface area contributed by atoms with Crippen LogP contribution in [-0.2, 0) is 10.0 Å². The molecule has 0 unspecified atom stereocenters. The van der Waals surface area contributed by atoms with Crippen LogP contribution in [0.3, 0.4) is 0 Å². The zero-order valence-electron chi connectivity index (χ0n) is 13.1. The van der Waals surface area contributed by atoms with E-state index in [-0.39, 0.29) is 4.90 Å². The quantitative estimate of drug-likeness (QED) is 0.902. The Morgan fingerprint density at radius 1 is 1.05 bits per heavy atom. The van der Waals surface area contributed by atoms with Gasteiger partial charge in [-0.15, -0.1) is 0 Å². The van der Waals surface area contributed by atoms with E-state index in [0.717, 1.165) is 11.1 Å².